The molecule has 0 radical (unpaired) electrons. The molecule has 1 N–H and O–H groups in total. The third-order valence-corrected chi connectivity index (χ3v) is 3.52. The highest BCUT2D eigenvalue weighted by Crippen LogP contribution is 2.30. The molecule has 23 heavy (non-hydrogen) atoms. The van der Waals surface area contributed by atoms with Gasteiger partial charge in [0.05, 0.1) is 12.4 Å². The summed E-state index contributed by atoms with van der Waals surface area (Å²) >= 11 is 0. The average Bonchev–Trinajstić information content (AvgIpc) is 2.62. The van der Waals surface area contributed by atoms with Gasteiger partial charge in [-0.05, 0) is 23.8 Å². The molecule has 0 amide bonds. The van der Waals surface area contributed by atoms with Crippen molar-refractivity contribution in [1.82, 2.24) is 10.2 Å². The molecule has 1 aromatic heterocycles. The summed E-state index contributed by atoms with van der Waals surface area (Å²) in [6.45, 7) is 1.15. The number of fused-ring (bicyclic) bond motifs is 2. The van der Waals surface area contributed by atoms with Crippen LogP contribution in [0.1, 0.15) is 5.56 Å². The second-order valence-corrected chi connectivity index (χ2v) is 5.05. The van der Waals surface area contributed by atoms with E-state index < -0.39 is 0 Å². The van der Waals surface area contributed by atoms with Gasteiger partial charge in [0.1, 0.15) is 13.2 Å². The van der Waals surface area contributed by atoms with Gasteiger partial charge >= 0.3 is 0 Å². The third kappa shape index (κ3) is 2.78. The van der Waals surface area contributed by atoms with Gasteiger partial charge in [-0.2, -0.15) is 10.2 Å². The molecule has 6 nitrogen and oxygen atoms in total. The van der Waals surface area contributed by atoms with Crippen molar-refractivity contribution in [2.24, 2.45) is 5.10 Å². The fourth-order valence-electron chi connectivity index (χ4n) is 2.42. The van der Waals surface area contributed by atoms with Crippen molar-refractivity contribution in [2.75, 3.05) is 18.6 Å². The van der Waals surface area contributed by atoms with Crippen molar-refractivity contribution in [3.05, 3.63) is 54.2 Å². The maximum Gasteiger partial charge on any atom is 0.176 e. The van der Waals surface area contributed by atoms with E-state index in [1.54, 1.807) is 12.4 Å². The molecule has 2 aromatic carbocycles. The normalized spacial score (nSPS) is 13.4. The Hall–Kier alpha value is -3.15. The number of benzene rings is 2. The first-order chi connectivity index (χ1) is 11.4. The number of rotatable bonds is 3. The predicted octanol–water partition coefficient (Wildman–Crippen LogP) is 2.85. The molecule has 0 saturated carbocycles. The van der Waals surface area contributed by atoms with Gasteiger partial charge in [0, 0.05) is 10.8 Å². The van der Waals surface area contributed by atoms with Crippen LogP contribution in [0.3, 0.4) is 0 Å². The summed E-state index contributed by atoms with van der Waals surface area (Å²) < 4.78 is 11.1. The highest BCUT2D eigenvalue weighted by Gasteiger charge is 2.10. The zero-order valence-corrected chi connectivity index (χ0v) is 12.3. The van der Waals surface area contributed by atoms with Crippen LogP contribution in [0.5, 0.6) is 11.5 Å². The molecule has 0 saturated heterocycles. The van der Waals surface area contributed by atoms with Crippen LogP contribution in [-0.2, 0) is 0 Å². The monoisotopic (exact) mass is 306 g/mol. The Kier molecular flexibility index (Phi) is 3.48. The first-order valence-corrected chi connectivity index (χ1v) is 7.29. The summed E-state index contributed by atoms with van der Waals surface area (Å²) in [7, 11) is 0. The standard InChI is InChI=1S/C17H14N4O2/c1-2-4-14-13(3-1)11-19-21-17(14)20-18-10-12-5-6-15-16(9-12)23-8-7-22-15/h1-6,9-11H,7-8H2,(H,20,21)/b18-10+. The Morgan fingerprint density at radius 1 is 1.04 bits per heavy atom. The fourth-order valence-corrected chi connectivity index (χ4v) is 2.42. The molecule has 1 aliphatic rings. The molecular weight excluding hydrogens is 292 g/mol. The van der Waals surface area contributed by atoms with Crippen LogP contribution in [0.4, 0.5) is 5.82 Å². The van der Waals surface area contributed by atoms with E-state index in [-0.39, 0.29) is 0 Å². The Labute approximate surface area is 132 Å². The Morgan fingerprint density at radius 2 is 1.91 bits per heavy atom. The van der Waals surface area contributed by atoms with Crippen molar-refractivity contribution in [3.8, 4) is 11.5 Å². The van der Waals surface area contributed by atoms with Crippen LogP contribution in [0, 0.1) is 0 Å². The van der Waals surface area contributed by atoms with E-state index in [9.17, 15) is 0 Å². The van der Waals surface area contributed by atoms with Gasteiger partial charge in [0.2, 0.25) is 0 Å². The van der Waals surface area contributed by atoms with Crippen molar-refractivity contribution in [1.29, 1.82) is 0 Å². The first kappa shape index (κ1) is 13.5. The molecule has 0 atom stereocenters. The van der Waals surface area contributed by atoms with Crippen molar-refractivity contribution < 1.29 is 9.47 Å². The minimum Gasteiger partial charge on any atom is -0.486 e. The molecule has 0 unspecified atom stereocenters. The Morgan fingerprint density at radius 3 is 2.87 bits per heavy atom. The van der Waals surface area contributed by atoms with Gasteiger partial charge in [-0.3, -0.25) is 5.43 Å². The topological polar surface area (TPSA) is 68.6 Å². The molecule has 3 aromatic rings. The number of hydrogen-bond donors (Lipinski definition) is 1. The van der Waals surface area contributed by atoms with E-state index in [4.69, 9.17) is 9.47 Å². The number of aromatic nitrogens is 2. The lowest BCUT2D eigenvalue weighted by atomic mass is 10.2. The summed E-state index contributed by atoms with van der Waals surface area (Å²) in [5.41, 5.74) is 3.85. The smallest absolute Gasteiger partial charge is 0.176 e. The lowest BCUT2D eigenvalue weighted by Crippen LogP contribution is -2.15. The quantitative estimate of drug-likeness (QED) is 0.595. The lowest BCUT2D eigenvalue weighted by Gasteiger charge is -2.18. The van der Waals surface area contributed by atoms with Gasteiger partial charge < -0.3 is 9.47 Å². The number of nitrogens with zero attached hydrogens (tertiary/aromatic N) is 3. The summed E-state index contributed by atoms with van der Waals surface area (Å²) in [6, 6.07) is 13.6. The average molecular weight is 306 g/mol. The number of nitrogens with one attached hydrogen (secondary N) is 1. The number of ether oxygens (including phenoxy) is 2. The first-order valence-electron chi connectivity index (χ1n) is 7.29. The fraction of sp³-hybridized carbons (Fsp3) is 0.118. The van der Waals surface area contributed by atoms with Gasteiger partial charge in [-0.25, -0.2) is 0 Å². The van der Waals surface area contributed by atoms with E-state index in [0.717, 1.165) is 27.8 Å². The summed E-state index contributed by atoms with van der Waals surface area (Å²) in [5.74, 6) is 2.13. The Balaban J connectivity index is 1.55. The largest absolute Gasteiger partial charge is 0.486 e. The van der Waals surface area contributed by atoms with Gasteiger partial charge in [0.15, 0.2) is 17.3 Å². The van der Waals surface area contributed by atoms with E-state index in [2.05, 4.69) is 20.7 Å². The molecule has 0 fully saturated rings. The molecule has 0 bridgehead atoms. The second-order valence-electron chi connectivity index (χ2n) is 5.05. The highest BCUT2D eigenvalue weighted by atomic mass is 16.6. The minimum atomic E-state index is 0.567. The van der Waals surface area contributed by atoms with Gasteiger partial charge in [0.25, 0.3) is 0 Å². The molecule has 4 rings (SSSR count). The van der Waals surface area contributed by atoms with E-state index in [0.29, 0.717) is 19.0 Å². The third-order valence-electron chi connectivity index (χ3n) is 3.52. The highest BCUT2D eigenvalue weighted by molar-refractivity contribution is 5.91. The van der Waals surface area contributed by atoms with Crippen LogP contribution in [-0.4, -0.2) is 29.6 Å². The summed E-state index contributed by atoms with van der Waals surface area (Å²) in [6.07, 6.45) is 3.44. The minimum absolute atomic E-state index is 0.567. The predicted molar refractivity (Wildman–Crippen MR) is 88.2 cm³/mol. The van der Waals surface area contributed by atoms with Crippen molar-refractivity contribution >= 4 is 22.8 Å². The maximum absolute atomic E-state index is 5.56. The van der Waals surface area contributed by atoms with Crippen LogP contribution < -0.4 is 14.9 Å². The molecule has 0 spiro atoms. The molecular formula is C17H14N4O2. The molecule has 114 valence electrons. The number of anilines is 1. The molecule has 6 heteroatoms. The lowest BCUT2D eigenvalue weighted by molar-refractivity contribution is 0.171. The summed E-state index contributed by atoms with van der Waals surface area (Å²) in [5, 5.41) is 14.3. The molecule has 1 aliphatic heterocycles. The van der Waals surface area contributed by atoms with E-state index >= 15 is 0 Å². The Bertz CT molecular complexity index is 874. The SMILES string of the molecule is C(=N\Nc1nncc2ccccc12)/c1ccc2c(c1)OCCO2. The zero-order chi connectivity index (χ0) is 15.5. The van der Waals surface area contributed by atoms with Gasteiger partial charge in [-0.15, -0.1) is 5.10 Å². The number of hydrogen-bond acceptors (Lipinski definition) is 6. The maximum atomic E-state index is 5.56. The van der Waals surface area contributed by atoms with Crippen LogP contribution in [0.2, 0.25) is 0 Å². The van der Waals surface area contributed by atoms with Crippen LogP contribution in [0.25, 0.3) is 10.8 Å². The van der Waals surface area contributed by atoms with Gasteiger partial charge in [-0.1, -0.05) is 24.3 Å². The molecule has 0 aliphatic carbocycles. The second kappa shape index (κ2) is 5.92. The number of hydrazone groups is 1. The van der Waals surface area contributed by atoms with E-state index in [1.165, 1.54) is 0 Å². The van der Waals surface area contributed by atoms with Crippen LogP contribution in [0.15, 0.2) is 53.8 Å². The van der Waals surface area contributed by atoms with Crippen LogP contribution >= 0.6 is 0 Å². The van der Waals surface area contributed by atoms with Crippen molar-refractivity contribution in [2.45, 2.75) is 0 Å². The van der Waals surface area contributed by atoms with Crippen molar-refractivity contribution in [3.63, 3.8) is 0 Å². The molecule has 2 heterocycles. The zero-order valence-electron chi connectivity index (χ0n) is 12.3. The van der Waals surface area contributed by atoms with E-state index in [1.807, 2.05) is 42.5 Å². The summed E-state index contributed by atoms with van der Waals surface area (Å²) in [4.78, 5) is 0.